The van der Waals surface area contributed by atoms with Gasteiger partial charge >= 0.3 is 0 Å². The van der Waals surface area contributed by atoms with E-state index in [1.165, 1.54) is 0 Å². The zero-order valence-electron chi connectivity index (χ0n) is 15.8. The van der Waals surface area contributed by atoms with Crippen molar-refractivity contribution in [1.29, 1.82) is 0 Å². The molecule has 0 radical (unpaired) electrons. The highest BCUT2D eigenvalue weighted by molar-refractivity contribution is 5.91. The molecule has 1 atom stereocenters. The molecule has 1 heterocycles. The second-order valence-corrected chi connectivity index (χ2v) is 7.25. The van der Waals surface area contributed by atoms with Gasteiger partial charge in [0.1, 0.15) is 0 Å². The van der Waals surface area contributed by atoms with Crippen LogP contribution >= 0.6 is 0 Å². The molecule has 142 valence electrons. The molecule has 0 saturated carbocycles. The van der Waals surface area contributed by atoms with Crippen LogP contribution < -0.4 is 5.32 Å². The van der Waals surface area contributed by atoms with Gasteiger partial charge < -0.3 is 10.2 Å². The molecule has 1 aliphatic rings. The Bertz CT molecular complexity index is 979. The monoisotopic (exact) mass is 372 g/mol. The SMILES string of the molecule is O=C(Cc1cccc2ccccc12)NCC(=O)N1CCCC1c1ccccc1. The van der Waals surface area contributed by atoms with Crippen LogP contribution in [0.25, 0.3) is 10.8 Å². The average molecular weight is 372 g/mol. The second-order valence-electron chi connectivity index (χ2n) is 7.25. The third-order valence-electron chi connectivity index (χ3n) is 5.43. The molecule has 4 heteroatoms. The Hall–Kier alpha value is -3.14. The van der Waals surface area contributed by atoms with E-state index in [9.17, 15) is 9.59 Å². The van der Waals surface area contributed by atoms with Crippen molar-refractivity contribution in [3.63, 3.8) is 0 Å². The summed E-state index contributed by atoms with van der Waals surface area (Å²) < 4.78 is 0. The van der Waals surface area contributed by atoms with E-state index in [0.29, 0.717) is 0 Å². The summed E-state index contributed by atoms with van der Waals surface area (Å²) in [6.07, 6.45) is 2.24. The van der Waals surface area contributed by atoms with Gasteiger partial charge in [0.2, 0.25) is 11.8 Å². The molecule has 4 nitrogen and oxygen atoms in total. The molecular formula is C24H24N2O2. The van der Waals surface area contributed by atoms with E-state index in [0.717, 1.165) is 41.3 Å². The van der Waals surface area contributed by atoms with Crippen molar-refractivity contribution in [2.24, 2.45) is 0 Å². The molecule has 0 aromatic heterocycles. The van der Waals surface area contributed by atoms with Crippen LogP contribution in [0.15, 0.2) is 72.8 Å². The van der Waals surface area contributed by atoms with E-state index >= 15 is 0 Å². The van der Waals surface area contributed by atoms with Crippen molar-refractivity contribution in [3.8, 4) is 0 Å². The number of nitrogens with one attached hydrogen (secondary N) is 1. The number of carbonyl (C=O) groups is 2. The molecule has 3 aromatic carbocycles. The fourth-order valence-corrected chi connectivity index (χ4v) is 4.04. The van der Waals surface area contributed by atoms with Gasteiger partial charge in [0.05, 0.1) is 19.0 Å². The maximum absolute atomic E-state index is 12.7. The molecule has 1 N–H and O–H groups in total. The first kappa shape index (κ1) is 18.2. The highest BCUT2D eigenvalue weighted by Crippen LogP contribution is 2.31. The van der Waals surface area contributed by atoms with E-state index in [-0.39, 0.29) is 30.8 Å². The normalized spacial score (nSPS) is 16.3. The summed E-state index contributed by atoms with van der Waals surface area (Å²) in [4.78, 5) is 27.1. The Morgan fingerprint density at radius 2 is 1.68 bits per heavy atom. The van der Waals surface area contributed by atoms with Gasteiger partial charge in [-0.05, 0) is 34.7 Å². The highest BCUT2D eigenvalue weighted by Gasteiger charge is 2.29. The van der Waals surface area contributed by atoms with Gasteiger partial charge in [0, 0.05) is 6.54 Å². The predicted octanol–water partition coefficient (Wildman–Crippen LogP) is 3.86. The Morgan fingerprint density at radius 3 is 2.54 bits per heavy atom. The van der Waals surface area contributed by atoms with Crippen molar-refractivity contribution >= 4 is 22.6 Å². The predicted molar refractivity (Wildman–Crippen MR) is 111 cm³/mol. The molecule has 1 saturated heterocycles. The molecule has 1 fully saturated rings. The van der Waals surface area contributed by atoms with Gasteiger partial charge in [-0.15, -0.1) is 0 Å². The maximum Gasteiger partial charge on any atom is 0.242 e. The molecular weight excluding hydrogens is 348 g/mol. The third-order valence-corrected chi connectivity index (χ3v) is 5.43. The summed E-state index contributed by atoms with van der Waals surface area (Å²) in [7, 11) is 0. The quantitative estimate of drug-likeness (QED) is 0.739. The molecule has 0 spiro atoms. The van der Waals surface area contributed by atoms with Crippen LogP contribution in [0.3, 0.4) is 0 Å². The molecule has 3 aromatic rings. The number of rotatable bonds is 5. The van der Waals surface area contributed by atoms with Gasteiger partial charge in [-0.3, -0.25) is 9.59 Å². The first-order chi connectivity index (χ1) is 13.7. The van der Waals surface area contributed by atoms with Crippen LogP contribution in [0.5, 0.6) is 0 Å². The number of hydrogen-bond donors (Lipinski definition) is 1. The zero-order chi connectivity index (χ0) is 19.3. The van der Waals surface area contributed by atoms with Crippen molar-refractivity contribution in [3.05, 3.63) is 83.9 Å². The third kappa shape index (κ3) is 3.91. The van der Waals surface area contributed by atoms with Crippen LogP contribution in [-0.2, 0) is 16.0 Å². The molecule has 2 amide bonds. The smallest absolute Gasteiger partial charge is 0.242 e. The summed E-state index contributed by atoms with van der Waals surface area (Å²) in [6.45, 7) is 0.796. The molecule has 0 aliphatic carbocycles. The van der Waals surface area contributed by atoms with Crippen LogP contribution in [0.2, 0.25) is 0 Å². The summed E-state index contributed by atoms with van der Waals surface area (Å²) >= 11 is 0. The van der Waals surface area contributed by atoms with Gasteiger partial charge in [-0.2, -0.15) is 0 Å². The molecule has 4 rings (SSSR count). The first-order valence-electron chi connectivity index (χ1n) is 9.80. The molecule has 28 heavy (non-hydrogen) atoms. The minimum atomic E-state index is -0.125. The van der Waals surface area contributed by atoms with Crippen molar-refractivity contribution in [1.82, 2.24) is 10.2 Å². The van der Waals surface area contributed by atoms with E-state index in [1.807, 2.05) is 65.6 Å². The lowest BCUT2D eigenvalue weighted by Crippen LogP contribution is -2.40. The number of carbonyl (C=O) groups excluding carboxylic acids is 2. The standard InChI is InChI=1S/C24H24N2O2/c27-23(16-20-12-6-11-18-8-4-5-13-21(18)20)25-17-24(28)26-15-7-14-22(26)19-9-2-1-3-10-19/h1-6,8-13,22H,7,14-17H2,(H,25,27). The molecule has 1 unspecified atom stereocenters. The largest absolute Gasteiger partial charge is 0.347 e. The summed E-state index contributed by atoms with van der Waals surface area (Å²) in [5, 5.41) is 5.01. The van der Waals surface area contributed by atoms with E-state index in [2.05, 4.69) is 17.4 Å². The van der Waals surface area contributed by atoms with Gasteiger partial charge in [0.15, 0.2) is 0 Å². The van der Waals surface area contributed by atoms with Crippen LogP contribution in [0.1, 0.15) is 30.0 Å². The van der Waals surface area contributed by atoms with E-state index < -0.39 is 0 Å². The average Bonchev–Trinajstić information content (AvgIpc) is 3.23. The Morgan fingerprint density at radius 1 is 0.929 bits per heavy atom. The topological polar surface area (TPSA) is 49.4 Å². The highest BCUT2D eigenvalue weighted by atomic mass is 16.2. The zero-order valence-corrected chi connectivity index (χ0v) is 15.8. The summed E-state index contributed by atoms with van der Waals surface area (Å²) in [6, 6.07) is 24.2. The van der Waals surface area contributed by atoms with Crippen molar-refractivity contribution < 1.29 is 9.59 Å². The number of benzene rings is 3. The lowest BCUT2D eigenvalue weighted by Gasteiger charge is -2.25. The number of nitrogens with zero attached hydrogens (tertiary/aromatic N) is 1. The number of likely N-dealkylation sites (tertiary alicyclic amines) is 1. The van der Waals surface area contributed by atoms with Crippen molar-refractivity contribution in [2.75, 3.05) is 13.1 Å². The summed E-state index contributed by atoms with van der Waals surface area (Å²) in [5.41, 5.74) is 2.14. The van der Waals surface area contributed by atoms with Crippen LogP contribution in [0.4, 0.5) is 0 Å². The molecule has 1 aliphatic heterocycles. The van der Waals surface area contributed by atoms with Gasteiger partial charge in [-0.1, -0.05) is 72.8 Å². The fourth-order valence-electron chi connectivity index (χ4n) is 4.04. The number of hydrogen-bond acceptors (Lipinski definition) is 2. The summed E-state index contributed by atoms with van der Waals surface area (Å²) in [5.74, 6) is -0.141. The molecule has 0 bridgehead atoms. The van der Waals surface area contributed by atoms with Crippen LogP contribution in [-0.4, -0.2) is 29.8 Å². The Kier molecular flexibility index (Phi) is 5.38. The first-order valence-corrected chi connectivity index (χ1v) is 9.80. The lowest BCUT2D eigenvalue weighted by molar-refractivity contribution is -0.133. The minimum absolute atomic E-state index is 0.0161. The van der Waals surface area contributed by atoms with E-state index in [1.54, 1.807) is 0 Å². The lowest BCUT2D eigenvalue weighted by atomic mass is 10.0. The Balaban J connectivity index is 1.37. The maximum atomic E-state index is 12.7. The van der Waals surface area contributed by atoms with Crippen LogP contribution in [0, 0.1) is 0 Å². The second kappa shape index (κ2) is 8.26. The van der Waals surface area contributed by atoms with E-state index in [4.69, 9.17) is 0 Å². The van der Waals surface area contributed by atoms with Gasteiger partial charge in [0.25, 0.3) is 0 Å². The van der Waals surface area contributed by atoms with Gasteiger partial charge in [-0.25, -0.2) is 0 Å². The number of amides is 2. The minimum Gasteiger partial charge on any atom is -0.347 e. The fraction of sp³-hybridized carbons (Fsp3) is 0.250. The van der Waals surface area contributed by atoms with Crippen molar-refractivity contribution in [2.45, 2.75) is 25.3 Å². The Labute approximate surface area is 165 Å². The number of fused-ring (bicyclic) bond motifs is 1.